The molecule has 7 heteroatoms. The third-order valence-corrected chi connectivity index (χ3v) is 5.72. The molecule has 1 heterocycles. The van der Waals surface area contributed by atoms with Crippen molar-refractivity contribution in [1.29, 1.82) is 0 Å². The minimum atomic E-state index is -3.57. The van der Waals surface area contributed by atoms with Crippen molar-refractivity contribution < 1.29 is 13.2 Å². The SMILES string of the molecule is CCOc1ccc(S(=O)(=O)Nc2snc3c2CCC3)cc1. The molecule has 1 aromatic heterocycles. The first-order valence-corrected chi connectivity index (χ1v) is 9.09. The standard InChI is InChI=1S/C14H16N2O3S2/c1-2-19-10-6-8-11(9-7-10)21(17,18)16-14-12-4-3-5-13(12)15-20-14/h6-9,16H,2-5H2,1H3. The number of rotatable bonds is 5. The number of fused-ring (bicyclic) bond motifs is 1. The Morgan fingerprint density at radius 3 is 2.76 bits per heavy atom. The van der Waals surface area contributed by atoms with E-state index in [1.54, 1.807) is 24.3 Å². The van der Waals surface area contributed by atoms with E-state index in [9.17, 15) is 8.42 Å². The van der Waals surface area contributed by atoms with E-state index >= 15 is 0 Å². The van der Waals surface area contributed by atoms with Crippen LogP contribution in [-0.2, 0) is 22.9 Å². The molecule has 3 rings (SSSR count). The largest absolute Gasteiger partial charge is 0.494 e. The molecule has 0 radical (unpaired) electrons. The van der Waals surface area contributed by atoms with E-state index in [2.05, 4.69) is 9.10 Å². The average Bonchev–Trinajstić information content (AvgIpc) is 3.05. The summed E-state index contributed by atoms with van der Waals surface area (Å²) in [5.41, 5.74) is 2.08. The van der Waals surface area contributed by atoms with E-state index < -0.39 is 10.0 Å². The molecule has 5 nitrogen and oxygen atoms in total. The van der Waals surface area contributed by atoms with Gasteiger partial charge in [0.05, 0.1) is 17.2 Å². The molecule has 0 saturated heterocycles. The molecule has 2 aromatic rings. The van der Waals surface area contributed by atoms with Gasteiger partial charge in [0.25, 0.3) is 10.0 Å². The molecule has 0 saturated carbocycles. The summed E-state index contributed by atoms with van der Waals surface area (Å²) in [6, 6.07) is 6.42. The Bertz CT molecular complexity index is 736. The van der Waals surface area contributed by atoms with E-state index in [1.165, 1.54) is 11.5 Å². The molecular formula is C14H16N2O3S2. The molecule has 0 spiro atoms. The first-order chi connectivity index (χ1) is 10.1. The van der Waals surface area contributed by atoms with Crippen molar-refractivity contribution in [2.24, 2.45) is 0 Å². The maximum Gasteiger partial charge on any atom is 0.262 e. The molecule has 21 heavy (non-hydrogen) atoms. The predicted molar refractivity (Wildman–Crippen MR) is 82.6 cm³/mol. The van der Waals surface area contributed by atoms with Crippen LogP contribution in [0.1, 0.15) is 24.6 Å². The number of anilines is 1. The Balaban J connectivity index is 1.83. The Morgan fingerprint density at radius 2 is 2.05 bits per heavy atom. The van der Waals surface area contributed by atoms with Gasteiger partial charge >= 0.3 is 0 Å². The zero-order valence-electron chi connectivity index (χ0n) is 11.6. The van der Waals surface area contributed by atoms with Gasteiger partial charge in [0.1, 0.15) is 10.8 Å². The number of nitrogens with one attached hydrogen (secondary N) is 1. The van der Waals surface area contributed by atoms with Crippen LogP contribution in [0.3, 0.4) is 0 Å². The first-order valence-electron chi connectivity index (χ1n) is 6.83. The van der Waals surface area contributed by atoms with E-state index in [0.29, 0.717) is 17.4 Å². The topological polar surface area (TPSA) is 68.3 Å². The summed E-state index contributed by atoms with van der Waals surface area (Å²) < 4.78 is 37.1. The number of sulfonamides is 1. The Kier molecular flexibility index (Phi) is 3.86. The van der Waals surface area contributed by atoms with Crippen LogP contribution in [-0.4, -0.2) is 19.4 Å². The zero-order valence-corrected chi connectivity index (χ0v) is 13.3. The van der Waals surface area contributed by atoms with Gasteiger partial charge in [-0.1, -0.05) is 0 Å². The molecule has 112 valence electrons. The normalized spacial score (nSPS) is 14.0. The van der Waals surface area contributed by atoms with Crippen molar-refractivity contribution in [1.82, 2.24) is 4.37 Å². The molecular weight excluding hydrogens is 308 g/mol. The molecule has 0 atom stereocenters. The number of benzene rings is 1. The summed E-state index contributed by atoms with van der Waals surface area (Å²) in [5, 5.41) is 0.649. The molecule has 1 N–H and O–H groups in total. The van der Waals surface area contributed by atoms with E-state index in [4.69, 9.17) is 4.74 Å². The number of aromatic nitrogens is 1. The smallest absolute Gasteiger partial charge is 0.262 e. The van der Waals surface area contributed by atoms with Crippen LogP contribution >= 0.6 is 11.5 Å². The van der Waals surface area contributed by atoms with Crippen LogP contribution in [0.5, 0.6) is 5.75 Å². The molecule has 1 aromatic carbocycles. The van der Waals surface area contributed by atoms with Crippen molar-refractivity contribution in [2.45, 2.75) is 31.1 Å². The maximum atomic E-state index is 12.4. The first kappa shape index (κ1) is 14.3. The summed E-state index contributed by atoms with van der Waals surface area (Å²) in [4.78, 5) is 0.228. The average molecular weight is 324 g/mol. The predicted octanol–water partition coefficient (Wildman–Crippen LogP) is 2.83. The minimum Gasteiger partial charge on any atom is -0.494 e. The molecule has 0 amide bonds. The van der Waals surface area contributed by atoms with Gasteiger partial charge in [-0.3, -0.25) is 4.72 Å². The second-order valence-electron chi connectivity index (χ2n) is 4.80. The summed E-state index contributed by atoms with van der Waals surface area (Å²) in [6.45, 7) is 2.44. The third kappa shape index (κ3) is 2.89. The van der Waals surface area contributed by atoms with Gasteiger partial charge in [0, 0.05) is 5.56 Å². The summed E-state index contributed by atoms with van der Waals surface area (Å²) in [5.74, 6) is 0.662. The van der Waals surface area contributed by atoms with Crippen molar-refractivity contribution in [3.63, 3.8) is 0 Å². The molecule has 1 aliphatic rings. The van der Waals surface area contributed by atoms with Gasteiger partial charge in [0.2, 0.25) is 0 Å². The van der Waals surface area contributed by atoms with Crippen molar-refractivity contribution >= 4 is 26.6 Å². The Labute approximate surface area is 128 Å². The van der Waals surface area contributed by atoms with Crippen LogP contribution in [0.2, 0.25) is 0 Å². The van der Waals surface area contributed by atoms with Crippen LogP contribution in [0.4, 0.5) is 5.00 Å². The Hall–Kier alpha value is -1.60. The van der Waals surface area contributed by atoms with Crippen molar-refractivity contribution in [3.8, 4) is 5.75 Å². The monoisotopic (exact) mass is 324 g/mol. The molecule has 1 aliphatic carbocycles. The lowest BCUT2D eigenvalue weighted by molar-refractivity contribution is 0.340. The lowest BCUT2D eigenvalue weighted by atomic mass is 10.3. The summed E-state index contributed by atoms with van der Waals surface area (Å²) >= 11 is 1.22. The minimum absolute atomic E-state index is 0.228. The van der Waals surface area contributed by atoms with Gasteiger partial charge < -0.3 is 4.74 Å². The fourth-order valence-electron chi connectivity index (χ4n) is 2.37. The van der Waals surface area contributed by atoms with Crippen LogP contribution in [0.15, 0.2) is 29.2 Å². The highest BCUT2D eigenvalue weighted by Crippen LogP contribution is 2.33. The van der Waals surface area contributed by atoms with Gasteiger partial charge in [0.15, 0.2) is 0 Å². The van der Waals surface area contributed by atoms with E-state index in [-0.39, 0.29) is 4.90 Å². The third-order valence-electron chi connectivity index (χ3n) is 3.38. The molecule has 0 fully saturated rings. The van der Waals surface area contributed by atoms with E-state index in [0.717, 1.165) is 30.5 Å². The number of aryl methyl sites for hydroxylation is 1. The second-order valence-corrected chi connectivity index (χ2v) is 7.26. The van der Waals surface area contributed by atoms with Crippen LogP contribution in [0.25, 0.3) is 0 Å². The number of hydrogen-bond acceptors (Lipinski definition) is 5. The fourth-order valence-corrected chi connectivity index (χ4v) is 4.56. The highest BCUT2D eigenvalue weighted by Gasteiger charge is 2.23. The van der Waals surface area contributed by atoms with Crippen molar-refractivity contribution in [2.75, 3.05) is 11.3 Å². The fraction of sp³-hybridized carbons (Fsp3) is 0.357. The quantitative estimate of drug-likeness (QED) is 0.918. The maximum absolute atomic E-state index is 12.4. The highest BCUT2D eigenvalue weighted by molar-refractivity contribution is 7.93. The second kappa shape index (κ2) is 5.65. The van der Waals surface area contributed by atoms with Gasteiger partial charge in [-0.25, -0.2) is 8.42 Å². The number of ether oxygens (including phenoxy) is 1. The Morgan fingerprint density at radius 1 is 1.29 bits per heavy atom. The summed E-state index contributed by atoms with van der Waals surface area (Å²) in [6.07, 6.45) is 2.88. The van der Waals surface area contributed by atoms with E-state index in [1.807, 2.05) is 6.92 Å². The zero-order chi connectivity index (χ0) is 14.9. The highest BCUT2D eigenvalue weighted by atomic mass is 32.2. The van der Waals surface area contributed by atoms with Crippen molar-refractivity contribution in [3.05, 3.63) is 35.5 Å². The van der Waals surface area contributed by atoms with Crippen LogP contribution < -0.4 is 9.46 Å². The molecule has 0 unspecified atom stereocenters. The lowest BCUT2D eigenvalue weighted by Gasteiger charge is -2.08. The summed E-state index contributed by atoms with van der Waals surface area (Å²) in [7, 11) is -3.57. The lowest BCUT2D eigenvalue weighted by Crippen LogP contribution is -2.12. The van der Waals surface area contributed by atoms with Gasteiger partial charge in [-0.15, -0.1) is 0 Å². The number of hydrogen-bond donors (Lipinski definition) is 1. The molecule has 0 bridgehead atoms. The molecule has 0 aliphatic heterocycles. The van der Waals surface area contributed by atoms with Gasteiger partial charge in [-0.2, -0.15) is 4.37 Å². The van der Waals surface area contributed by atoms with Gasteiger partial charge in [-0.05, 0) is 62.0 Å². The van der Waals surface area contributed by atoms with Crippen LogP contribution in [0, 0.1) is 0 Å². The number of nitrogens with zero attached hydrogens (tertiary/aromatic N) is 1.